The van der Waals surface area contributed by atoms with Gasteiger partial charge in [-0.05, 0) is 51.0 Å². The molecule has 2 atom stereocenters. The molecule has 0 bridgehead atoms. The van der Waals surface area contributed by atoms with Crippen molar-refractivity contribution in [2.24, 2.45) is 5.73 Å². The summed E-state index contributed by atoms with van der Waals surface area (Å²) in [5, 5.41) is 2.97. The predicted molar refractivity (Wildman–Crippen MR) is 103 cm³/mol. The number of ether oxygens (including phenoxy) is 2. The van der Waals surface area contributed by atoms with Gasteiger partial charge in [-0.1, -0.05) is 35.9 Å². The van der Waals surface area contributed by atoms with Gasteiger partial charge in [0.1, 0.15) is 6.04 Å². The van der Waals surface area contributed by atoms with Crippen LogP contribution in [-0.4, -0.2) is 19.1 Å². The van der Waals surface area contributed by atoms with Gasteiger partial charge in [-0.25, -0.2) is 0 Å². The second-order valence-electron chi connectivity index (χ2n) is 6.19. The van der Waals surface area contributed by atoms with Crippen molar-refractivity contribution < 1.29 is 14.3 Å². The Hall–Kier alpha value is -2.53. The Morgan fingerprint density at radius 2 is 1.58 bits per heavy atom. The van der Waals surface area contributed by atoms with Crippen molar-refractivity contribution in [2.45, 2.75) is 39.8 Å². The molecule has 0 aliphatic rings. The molecule has 0 saturated heterocycles. The van der Waals surface area contributed by atoms with E-state index in [1.165, 1.54) is 0 Å². The molecule has 140 valence electrons. The summed E-state index contributed by atoms with van der Waals surface area (Å²) >= 11 is 0. The SMILES string of the molecule is CCOc1ccc(C(C)NC(=O)C(N)c2ccc(C)cc2)cc1OCC. The highest BCUT2D eigenvalue weighted by Crippen LogP contribution is 2.30. The molecule has 2 unspecified atom stereocenters. The molecule has 0 spiro atoms. The second kappa shape index (κ2) is 9.25. The summed E-state index contributed by atoms with van der Waals surface area (Å²) in [6.07, 6.45) is 0. The van der Waals surface area contributed by atoms with Crippen LogP contribution in [0.1, 0.15) is 49.5 Å². The average Bonchev–Trinajstić information content (AvgIpc) is 2.63. The van der Waals surface area contributed by atoms with E-state index in [9.17, 15) is 4.79 Å². The van der Waals surface area contributed by atoms with E-state index in [0.717, 1.165) is 16.7 Å². The van der Waals surface area contributed by atoms with Crippen LogP contribution in [0.4, 0.5) is 0 Å². The highest BCUT2D eigenvalue weighted by atomic mass is 16.5. The van der Waals surface area contributed by atoms with Gasteiger partial charge in [0, 0.05) is 0 Å². The molecule has 1 amide bonds. The van der Waals surface area contributed by atoms with Crippen LogP contribution in [0.2, 0.25) is 0 Å². The van der Waals surface area contributed by atoms with Crippen molar-refractivity contribution in [1.29, 1.82) is 0 Å². The fourth-order valence-corrected chi connectivity index (χ4v) is 2.65. The van der Waals surface area contributed by atoms with Crippen molar-refractivity contribution in [2.75, 3.05) is 13.2 Å². The van der Waals surface area contributed by atoms with E-state index < -0.39 is 6.04 Å². The Labute approximate surface area is 155 Å². The first-order chi connectivity index (χ1) is 12.5. The number of hydrogen-bond donors (Lipinski definition) is 2. The summed E-state index contributed by atoms with van der Waals surface area (Å²) < 4.78 is 11.2. The minimum atomic E-state index is -0.702. The monoisotopic (exact) mass is 356 g/mol. The van der Waals surface area contributed by atoms with Crippen molar-refractivity contribution in [3.05, 3.63) is 59.2 Å². The van der Waals surface area contributed by atoms with Gasteiger partial charge in [0.15, 0.2) is 11.5 Å². The molecule has 26 heavy (non-hydrogen) atoms. The maximum absolute atomic E-state index is 12.5. The predicted octanol–water partition coefficient (Wildman–Crippen LogP) is 3.67. The van der Waals surface area contributed by atoms with Crippen LogP contribution in [0, 0.1) is 6.92 Å². The quantitative estimate of drug-likeness (QED) is 0.757. The molecule has 3 N–H and O–H groups in total. The van der Waals surface area contributed by atoms with E-state index in [4.69, 9.17) is 15.2 Å². The summed E-state index contributed by atoms with van der Waals surface area (Å²) in [5.41, 5.74) is 8.96. The van der Waals surface area contributed by atoms with Gasteiger partial charge in [0.25, 0.3) is 0 Å². The van der Waals surface area contributed by atoms with Crippen molar-refractivity contribution in [3.8, 4) is 11.5 Å². The molecular weight excluding hydrogens is 328 g/mol. The van der Waals surface area contributed by atoms with Crippen LogP contribution in [0.25, 0.3) is 0 Å². The van der Waals surface area contributed by atoms with Gasteiger partial charge < -0.3 is 20.5 Å². The maximum atomic E-state index is 12.5. The Balaban J connectivity index is 2.10. The zero-order valence-corrected chi connectivity index (χ0v) is 15.9. The van der Waals surface area contributed by atoms with Crippen molar-refractivity contribution >= 4 is 5.91 Å². The zero-order valence-electron chi connectivity index (χ0n) is 15.9. The van der Waals surface area contributed by atoms with Crippen LogP contribution < -0.4 is 20.5 Å². The van der Waals surface area contributed by atoms with Crippen LogP contribution >= 0.6 is 0 Å². The standard InChI is InChI=1S/C21H28N2O3/c1-5-25-18-12-11-17(13-19(18)26-6-2)15(4)23-21(24)20(22)16-9-7-14(3)8-10-16/h7-13,15,20H,5-6,22H2,1-4H3,(H,23,24). The third-order valence-electron chi connectivity index (χ3n) is 4.15. The lowest BCUT2D eigenvalue weighted by Gasteiger charge is -2.20. The van der Waals surface area contributed by atoms with Gasteiger partial charge in [-0.2, -0.15) is 0 Å². The number of carbonyl (C=O) groups excluding carboxylic acids is 1. The molecule has 5 heteroatoms. The molecule has 0 radical (unpaired) electrons. The number of hydrogen-bond acceptors (Lipinski definition) is 4. The molecule has 2 aromatic carbocycles. The van der Waals surface area contributed by atoms with Gasteiger partial charge >= 0.3 is 0 Å². The third kappa shape index (κ3) is 4.99. The van der Waals surface area contributed by atoms with E-state index in [-0.39, 0.29) is 11.9 Å². The van der Waals surface area contributed by atoms with Crippen LogP contribution in [0.3, 0.4) is 0 Å². The van der Waals surface area contributed by atoms with Gasteiger partial charge in [-0.3, -0.25) is 4.79 Å². The number of rotatable bonds is 8. The molecule has 0 saturated carbocycles. The van der Waals surface area contributed by atoms with Crippen LogP contribution in [-0.2, 0) is 4.79 Å². The summed E-state index contributed by atoms with van der Waals surface area (Å²) in [4.78, 5) is 12.5. The normalized spacial score (nSPS) is 13.0. The second-order valence-corrected chi connectivity index (χ2v) is 6.19. The highest BCUT2D eigenvalue weighted by Gasteiger charge is 2.19. The minimum absolute atomic E-state index is 0.200. The first-order valence-electron chi connectivity index (χ1n) is 8.98. The molecule has 0 aliphatic carbocycles. The van der Waals surface area contributed by atoms with Gasteiger partial charge in [0.05, 0.1) is 19.3 Å². The van der Waals surface area contributed by atoms with Crippen LogP contribution in [0.5, 0.6) is 11.5 Å². The maximum Gasteiger partial charge on any atom is 0.241 e. The van der Waals surface area contributed by atoms with E-state index >= 15 is 0 Å². The number of carbonyl (C=O) groups is 1. The van der Waals surface area contributed by atoms with E-state index in [1.54, 1.807) is 0 Å². The molecule has 0 heterocycles. The lowest BCUT2D eigenvalue weighted by Crippen LogP contribution is -2.35. The summed E-state index contributed by atoms with van der Waals surface area (Å²) in [7, 11) is 0. The van der Waals surface area contributed by atoms with Gasteiger partial charge in [-0.15, -0.1) is 0 Å². The average molecular weight is 356 g/mol. The first-order valence-corrected chi connectivity index (χ1v) is 8.98. The largest absolute Gasteiger partial charge is 0.490 e. The summed E-state index contributed by atoms with van der Waals surface area (Å²) in [6.45, 7) is 8.89. The Bertz CT molecular complexity index is 729. The van der Waals surface area contributed by atoms with Crippen LogP contribution in [0.15, 0.2) is 42.5 Å². The van der Waals surface area contributed by atoms with E-state index in [0.29, 0.717) is 24.7 Å². The lowest BCUT2D eigenvalue weighted by atomic mass is 10.0. The lowest BCUT2D eigenvalue weighted by molar-refractivity contribution is -0.123. The molecule has 2 rings (SSSR count). The number of nitrogens with two attached hydrogens (primary N) is 1. The van der Waals surface area contributed by atoms with Crippen molar-refractivity contribution in [3.63, 3.8) is 0 Å². The first kappa shape index (κ1) is 19.8. The smallest absolute Gasteiger partial charge is 0.241 e. The van der Waals surface area contributed by atoms with E-state index in [2.05, 4.69) is 5.32 Å². The number of benzene rings is 2. The molecule has 0 aliphatic heterocycles. The highest BCUT2D eigenvalue weighted by molar-refractivity contribution is 5.83. The molecule has 5 nitrogen and oxygen atoms in total. The zero-order chi connectivity index (χ0) is 19.1. The Morgan fingerprint density at radius 1 is 1.00 bits per heavy atom. The summed E-state index contributed by atoms with van der Waals surface area (Å²) in [6, 6.07) is 12.5. The molecule has 0 fully saturated rings. The number of amides is 1. The number of nitrogens with one attached hydrogen (secondary N) is 1. The third-order valence-corrected chi connectivity index (χ3v) is 4.15. The number of aryl methyl sites for hydroxylation is 1. The van der Waals surface area contributed by atoms with E-state index in [1.807, 2.05) is 70.2 Å². The topological polar surface area (TPSA) is 73.6 Å². The molecular formula is C21H28N2O3. The summed E-state index contributed by atoms with van der Waals surface area (Å²) in [5.74, 6) is 1.16. The fourth-order valence-electron chi connectivity index (χ4n) is 2.65. The molecule has 0 aromatic heterocycles. The van der Waals surface area contributed by atoms with Gasteiger partial charge in [0.2, 0.25) is 5.91 Å². The fraction of sp³-hybridized carbons (Fsp3) is 0.381. The van der Waals surface area contributed by atoms with Crippen molar-refractivity contribution in [1.82, 2.24) is 5.32 Å². The minimum Gasteiger partial charge on any atom is -0.490 e. The Morgan fingerprint density at radius 3 is 2.19 bits per heavy atom. The molecule has 2 aromatic rings. The Kier molecular flexibility index (Phi) is 7.04.